The molecular formula is C23H22F2N6O2S2. The molecule has 8 nitrogen and oxygen atoms in total. The third-order valence-corrected chi connectivity index (χ3v) is 7.89. The number of rotatable bonds is 5. The van der Waals surface area contributed by atoms with E-state index in [2.05, 4.69) is 14.7 Å². The van der Waals surface area contributed by atoms with Crippen LogP contribution < -0.4 is 16.2 Å². The molecule has 0 aliphatic carbocycles. The summed E-state index contributed by atoms with van der Waals surface area (Å²) in [6.45, 7) is 6.01. The van der Waals surface area contributed by atoms with Gasteiger partial charge in [0.05, 0.1) is 32.6 Å². The molecule has 0 aliphatic rings. The molecule has 0 bridgehead atoms. The minimum Gasteiger partial charge on any atom is -0.396 e. The number of nitrogens with one attached hydrogen (secondary N) is 1. The molecule has 12 heteroatoms. The maximum absolute atomic E-state index is 14.2. The van der Waals surface area contributed by atoms with Crippen molar-refractivity contribution in [3.05, 3.63) is 65.3 Å². The van der Waals surface area contributed by atoms with Crippen LogP contribution in [0, 0.1) is 11.6 Å². The molecule has 0 atom stereocenters. The van der Waals surface area contributed by atoms with E-state index in [-0.39, 0.29) is 22.7 Å². The van der Waals surface area contributed by atoms with Gasteiger partial charge in [0.2, 0.25) is 5.95 Å². The molecule has 0 unspecified atom stereocenters. The zero-order valence-corrected chi connectivity index (χ0v) is 20.6. The minimum absolute atomic E-state index is 0.0295. The van der Waals surface area contributed by atoms with Crippen molar-refractivity contribution in [3.63, 3.8) is 0 Å². The zero-order chi connectivity index (χ0) is 25.5. The summed E-state index contributed by atoms with van der Waals surface area (Å²) >= 11 is 1.40. The Balaban J connectivity index is 1.85. The Morgan fingerprint density at radius 3 is 2.26 bits per heavy atom. The van der Waals surface area contributed by atoms with E-state index < -0.39 is 26.6 Å². The number of benzene rings is 2. The van der Waals surface area contributed by atoms with Crippen molar-refractivity contribution in [2.45, 2.75) is 31.1 Å². The van der Waals surface area contributed by atoms with Gasteiger partial charge in [-0.15, -0.1) is 11.3 Å². The molecule has 0 aliphatic heterocycles. The molecule has 5 N–H and O–H groups in total. The maximum atomic E-state index is 14.2. The average molecular weight is 517 g/mol. The van der Waals surface area contributed by atoms with E-state index in [1.807, 2.05) is 20.8 Å². The number of hydrogen-bond acceptors (Lipinski definition) is 8. The average Bonchev–Trinajstić information content (AvgIpc) is 3.21. The summed E-state index contributed by atoms with van der Waals surface area (Å²) in [4.78, 5) is 12.6. The summed E-state index contributed by atoms with van der Waals surface area (Å²) in [7, 11) is -4.62. The van der Waals surface area contributed by atoms with E-state index in [0.717, 1.165) is 23.2 Å². The first-order valence-electron chi connectivity index (χ1n) is 10.3. The van der Waals surface area contributed by atoms with Crippen LogP contribution in [-0.2, 0) is 15.4 Å². The number of halogens is 2. The number of thiazole rings is 1. The molecule has 0 spiro atoms. The zero-order valence-electron chi connectivity index (χ0n) is 19.0. The molecule has 0 radical (unpaired) electrons. The Morgan fingerprint density at radius 1 is 0.971 bits per heavy atom. The number of nitrogen functional groups attached to an aromatic ring is 2. The minimum atomic E-state index is -4.62. The number of aromatic nitrogens is 3. The van der Waals surface area contributed by atoms with Crippen LogP contribution in [-0.4, -0.2) is 23.4 Å². The highest BCUT2D eigenvalue weighted by Crippen LogP contribution is 2.43. The number of para-hydroxylation sites is 1. The molecule has 0 saturated carbocycles. The highest BCUT2D eigenvalue weighted by Gasteiger charge is 2.27. The van der Waals surface area contributed by atoms with E-state index in [1.165, 1.54) is 23.6 Å². The van der Waals surface area contributed by atoms with Crippen molar-refractivity contribution in [2.75, 3.05) is 16.2 Å². The van der Waals surface area contributed by atoms with Crippen molar-refractivity contribution in [2.24, 2.45) is 0 Å². The molecule has 2 heterocycles. The smallest absolute Gasteiger partial charge is 0.267 e. The van der Waals surface area contributed by atoms with Crippen LogP contribution in [0.3, 0.4) is 0 Å². The fourth-order valence-electron chi connectivity index (χ4n) is 3.29. The van der Waals surface area contributed by atoms with Gasteiger partial charge in [-0.1, -0.05) is 39.0 Å². The van der Waals surface area contributed by atoms with Crippen molar-refractivity contribution in [3.8, 4) is 21.8 Å². The van der Waals surface area contributed by atoms with Crippen LogP contribution in [0.15, 0.2) is 53.6 Å². The van der Waals surface area contributed by atoms with E-state index in [1.54, 1.807) is 18.2 Å². The lowest BCUT2D eigenvalue weighted by Gasteiger charge is -2.15. The number of nitrogens with two attached hydrogens (primary N) is 2. The van der Waals surface area contributed by atoms with Gasteiger partial charge < -0.3 is 11.5 Å². The molecular weight excluding hydrogens is 494 g/mol. The first-order valence-corrected chi connectivity index (χ1v) is 12.6. The van der Waals surface area contributed by atoms with Crippen molar-refractivity contribution < 1.29 is 17.2 Å². The lowest BCUT2D eigenvalue weighted by Crippen LogP contribution is -2.17. The predicted molar refractivity (Wildman–Crippen MR) is 133 cm³/mol. The van der Waals surface area contributed by atoms with Crippen molar-refractivity contribution in [1.82, 2.24) is 15.0 Å². The van der Waals surface area contributed by atoms with Crippen LogP contribution >= 0.6 is 11.3 Å². The summed E-state index contributed by atoms with van der Waals surface area (Å²) in [5, 5.41) is 0.790. The highest BCUT2D eigenvalue weighted by molar-refractivity contribution is 7.92. The van der Waals surface area contributed by atoms with E-state index >= 15 is 0 Å². The van der Waals surface area contributed by atoms with Crippen LogP contribution in [0.2, 0.25) is 0 Å². The van der Waals surface area contributed by atoms with E-state index in [4.69, 9.17) is 16.5 Å². The molecule has 4 rings (SSSR count). The monoisotopic (exact) mass is 516 g/mol. The normalized spacial score (nSPS) is 12.0. The molecule has 4 aromatic rings. The first kappa shape index (κ1) is 24.5. The van der Waals surface area contributed by atoms with Gasteiger partial charge in [-0.3, -0.25) is 4.72 Å². The molecule has 0 amide bonds. The third kappa shape index (κ3) is 4.80. The van der Waals surface area contributed by atoms with Gasteiger partial charge in [0.15, 0.2) is 4.90 Å². The highest BCUT2D eigenvalue weighted by atomic mass is 32.2. The van der Waals surface area contributed by atoms with E-state index in [0.29, 0.717) is 21.8 Å². The first-order chi connectivity index (χ1) is 16.4. The lowest BCUT2D eigenvalue weighted by atomic mass is 9.98. The molecule has 182 valence electrons. The van der Waals surface area contributed by atoms with Gasteiger partial charge >= 0.3 is 0 Å². The second-order valence-corrected chi connectivity index (χ2v) is 11.3. The Labute approximate surface area is 205 Å². The Hall–Kier alpha value is -3.64. The summed E-state index contributed by atoms with van der Waals surface area (Å²) in [5.74, 6) is -2.35. The third-order valence-electron chi connectivity index (χ3n) is 4.97. The van der Waals surface area contributed by atoms with Gasteiger partial charge in [0.1, 0.15) is 11.6 Å². The van der Waals surface area contributed by atoms with Crippen LogP contribution in [0.5, 0.6) is 0 Å². The van der Waals surface area contributed by atoms with Crippen LogP contribution in [0.25, 0.3) is 21.8 Å². The summed E-state index contributed by atoms with van der Waals surface area (Å²) in [6, 6.07) is 9.12. The summed E-state index contributed by atoms with van der Waals surface area (Å²) in [5.41, 5.74) is 13.2. The number of sulfonamides is 1. The molecule has 2 aromatic carbocycles. The molecule has 0 fully saturated rings. The molecule has 0 saturated heterocycles. The lowest BCUT2D eigenvalue weighted by molar-refractivity contribution is 0.521. The Kier molecular flexibility index (Phi) is 6.20. The van der Waals surface area contributed by atoms with E-state index in [9.17, 15) is 17.2 Å². The largest absolute Gasteiger partial charge is 0.396 e. The SMILES string of the molecule is CC(C)(C)c1nc(-c2cccc(NS(=O)(=O)c3c(F)cccc3F)c2N)c(-c2ccnc(N)n2)s1. The predicted octanol–water partition coefficient (Wildman–Crippen LogP) is 4.81. The van der Waals surface area contributed by atoms with Crippen LogP contribution in [0.4, 0.5) is 26.1 Å². The van der Waals surface area contributed by atoms with Crippen molar-refractivity contribution in [1.29, 1.82) is 0 Å². The second kappa shape index (κ2) is 8.86. The molecule has 35 heavy (non-hydrogen) atoms. The number of nitrogens with zero attached hydrogens (tertiary/aromatic N) is 3. The Morgan fingerprint density at radius 2 is 1.63 bits per heavy atom. The second-order valence-electron chi connectivity index (χ2n) is 8.67. The fourth-order valence-corrected chi connectivity index (χ4v) is 5.62. The van der Waals surface area contributed by atoms with Gasteiger partial charge in [-0.2, -0.15) is 0 Å². The quantitative estimate of drug-likeness (QED) is 0.324. The Bertz CT molecular complexity index is 1510. The van der Waals surface area contributed by atoms with Gasteiger partial charge in [0.25, 0.3) is 10.0 Å². The standard InChI is InChI=1S/C23H22F2N6O2S2/c1-23(2,3)21-30-18(19(34-21)16-10-11-28-22(27)29-16)12-6-4-9-15(17(12)26)31-35(32,33)20-13(24)7-5-8-14(20)25/h4-11,31H,26H2,1-3H3,(H2,27,28,29). The van der Waals surface area contributed by atoms with Gasteiger partial charge in [-0.05, 0) is 24.3 Å². The van der Waals surface area contributed by atoms with Gasteiger partial charge in [-0.25, -0.2) is 32.2 Å². The fraction of sp³-hybridized carbons (Fsp3) is 0.174. The topological polar surface area (TPSA) is 137 Å². The molecule has 2 aromatic heterocycles. The van der Waals surface area contributed by atoms with Crippen molar-refractivity contribution >= 4 is 38.7 Å². The summed E-state index contributed by atoms with van der Waals surface area (Å²) < 4.78 is 56.1. The van der Waals surface area contributed by atoms with Gasteiger partial charge in [0, 0.05) is 17.2 Å². The number of hydrogen-bond donors (Lipinski definition) is 3. The maximum Gasteiger partial charge on any atom is 0.267 e. The van der Waals surface area contributed by atoms with Crippen LogP contribution in [0.1, 0.15) is 25.8 Å². The summed E-state index contributed by atoms with van der Waals surface area (Å²) in [6.07, 6.45) is 1.52. The number of anilines is 3.